The Kier molecular flexibility index (Phi) is 7.14. The molecule has 3 rings (SSSR count). The van der Waals surface area contributed by atoms with Crippen LogP contribution in [0.3, 0.4) is 0 Å². The zero-order valence-corrected chi connectivity index (χ0v) is 18.6. The SMILES string of the molecule is COc1ccc2cc(C(C)C(=O)CC(C)C3CCN(C(=O)[C@H](C)N)CC3)ccc2c1. The predicted molar refractivity (Wildman–Crippen MR) is 121 cm³/mol. The fraction of sp³-hybridized carbons (Fsp3) is 0.520. The number of hydrogen-bond donors (Lipinski definition) is 1. The number of benzene rings is 2. The number of fused-ring (bicyclic) bond motifs is 1. The summed E-state index contributed by atoms with van der Waals surface area (Å²) in [6.07, 6.45) is 2.46. The molecule has 5 heteroatoms. The second-order valence-electron chi connectivity index (χ2n) is 8.79. The van der Waals surface area contributed by atoms with Gasteiger partial charge in [-0.15, -0.1) is 0 Å². The Balaban J connectivity index is 1.59. The summed E-state index contributed by atoms with van der Waals surface area (Å²) in [5.41, 5.74) is 6.78. The number of Topliss-reactive ketones (excluding diaryl/α,β-unsaturated/α-hetero) is 1. The lowest BCUT2D eigenvalue weighted by molar-refractivity contribution is -0.134. The molecule has 2 unspecified atom stereocenters. The van der Waals surface area contributed by atoms with Gasteiger partial charge in [0.25, 0.3) is 0 Å². The number of nitrogens with zero attached hydrogens (tertiary/aromatic N) is 1. The Bertz CT molecular complexity index is 900. The highest BCUT2D eigenvalue weighted by Crippen LogP contribution is 2.31. The van der Waals surface area contributed by atoms with Crippen LogP contribution in [0.15, 0.2) is 36.4 Å². The maximum absolute atomic E-state index is 13.0. The lowest BCUT2D eigenvalue weighted by Crippen LogP contribution is -2.46. The summed E-state index contributed by atoms with van der Waals surface area (Å²) in [7, 11) is 1.66. The molecular weight excluding hydrogens is 376 g/mol. The average Bonchev–Trinajstić information content (AvgIpc) is 2.77. The van der Waals surface area contributed by atoms with Crippen molar-refractivity contribution in [1.29, 1.82) is 0 Å². The number of ketones is 1. The standard InChI is InChI=1S/C25H34N2O3/c1-16(19-9-11-27(12-10-19)25(29)18(3)26)13-24(28)17(2)20-5-6-22-15-23(30-4)8-7-21(22)14-20/h5-8,14-19H,9-13,26H2,1-4H3/t16?,17?,18-/m0/s1. The third kappa shape index (κ3) is 5.01. The van der Waals surface area contributed by atoms with Crippen LogP contribution in [0, 0.1) is 11.8 Å². The van der Waals surface area contributed by atoms with Crippen molar-refractivity contribution in [3.8, 4) is 5.75 Å². The Morgan fingerprint density at radius 1 is 1.07 bits per heavy atom. The van der Waals surface area contributed by atoms with Gasteiger partial charge in [-0.3, -0.25) is 9.59 Å². The predicted octanol–water partition coefficient (Wildman–Crippen LogP) is 4.13. The van der Waals surface area contributed by atoms with E-state index in [9.17, 15) is 9.59 Å². The summed E-state index contributed by atoms with van der Waals surface area (Å²) >= 11 is 0. The first-order valence-corrected chi connectivity index (χ1v) is 10.9. The van der Waals surface area contributed by atoms with Crippen LogP contribution in [-0.4, -0.2) is 42.8 Å². The summed E-state index contributed by atoms with van der Waals surface area (Å²) in [6.45, 7) is 7.40. The molecule has 1 aliphatic rings. The van der Waals surface area contributed by atoms with E-state index in [2.05, 4.69) is 19.1 Å². The first-order valence-electron chi connectivity index (χ1n) is 10.9. The number of carbonyl (C=O) groups is 2. The van der Waals surface area contributed by atoms with E-state index in [4.69, 9.17) is 10.5 Å². The van der Waals surface area contributed by atoms with Gasteiger partial charge in [0.15, 0.2) is 0 Å². The molecule has 2 N–H and O–H groups in total. The molecule has 0 aromatic heterocycles. The van der Waals surface area contributed by atoms with Gasteiger partial charge < -0.3 is 15.4 Å². The zero-order valence-electron chi connectivity index (χ0n) is 18.6. The topological polar surface area (TPSA) is 72.6 Å². The van der Waals surface area contributed by atoms with Gasteiger partial charge in [0.05, 0.1) is 13.2 Å². The van der Waals surface area contributed by atoms with Crippen LogP contribution in [-0.2, 0) is 9.59 Å². The number of ether oxygens (including phenoxy) is 1. The van der Waals surface area contributed by atoms with Crippen molar-refractivity contribution in [2.75, 3.05) is 20.2 Å². The van der Waals surface area contributed by atoms with Crippen molar-refractivity contribution >= 4 is 22.5 Å². The van der Waals surface area contributed by atoms with E-state index in [1.54, 1.807) is 14.0 Å². The van der Waals surface area contributed by atoms with Crippen molar-refractivity contribution in [3.05, 3.63) is 42.0 Å². The van der Waals surface area contributed by atoms with Crippen molar-refractivity contribution in [1.82, 2.24) is 4.90 Å². The molecule has 5 nitrogen and oxygen atoms in total. The minimum atomic E-state index is -0.440. The number of likely N-dealkylation sites (tertiary alicyclic amines) is 1. The number of nitrogens with two attached hydrogens (primary N) is 1. The molecule has 1 saturated heterocycles. The van der Waals surface area contributed by atoms with Gasteiger partial charge in [-0.25, -0.2) is 0 Å². The Morgan fingerprint density at radius 2 is 1.70 bits per heavy atom. The first-order chi connectivity index (χ1) is 14.3. The molecule has 2 aromatic carbocycles. The minimum absolute atomic E-state index is 0.0275. The second-order valence-corrected chi connectivity index (χ2v) is 8.79. The number of rotatable bonds is 7. The molecule has 162 valence electrons. The second kappa shape index (κ2) is 9.61. The monoisotopic (exact) mass is 410 g/mol. The molecule has 1 heterocycles. The lowest BCUT2D eigenvalue weighted by Gasteiger charge is -2.35. The van der Waals surface area contributed by atoms with Crippen LogP contribution in [0.2, 0.25) is 0 Å². The summed E-state index contributed by atoms with van der Waals surface area (Å²) < 4.78 is 5.29. The Morgan fingerprint density at radius 3 is 2.33 bits per heavy atom. The van der Waals surface area contributed by atoms with Gasteiger partial charge in [0.2, 0.25) is 5.91 Å². The fourth-order valence-electron chi connectivity index (χ4n) is 4.46. The Hall–Kier alpha value is -2.40. The molecule has 2 aromatic rings. The van der Waals surface area contributed by atoms with Gasteiger partial charge in [0.1, 0.15) is 11.5 Å². The molecule has 0 bridgehead atoms. The maximum Gasteiger partial charge on any atom is 0.239 e. The molecule has 0 spiro atoms. The third-order valence-electron chi connectivity index (χ3n) is 6.62. The fourth-order valence-corrected chi connectivity index (χ4v) is 4.46. The van der Waals surface area contributed by atoms with E-state index in [1.807, 2.05) is 36.1 Å². The third-order valence-corrected chi connectivity index (χ3v) is 6.62. The maximum atomic E-state index is 13.0. The van der Waals surface area contributed by atoms with E-state index in [1.165, 1.54) is 0 Å². The number of methoxy groups -OCH3 is 1. The van der Waals surface area contributed by atoms with Crippen LogP contribution in [0.4, 0.5) is 0 Å². The molecule has 0 saturated carbocycles. The number of hydrogen-bond acceptors (Lipinski definition) is 4. The highest BCUT2D eigenvalue weighted by atomic mass is 16.5. The van der Waals surface area contributed by atoms with Gasteiger partial charge >= 0.3 is 0 Å². The molecule has 1 fully saturated rings. The van der Waals surface area contributed by atoms with Crippen LogP contribution >= 0.6 is 0 Å². The van der Waals surface area contributed by atoms with Gasteiger partial charge in [-0.05, 0) is 60.1 Å². The largest absolute Gasteiger partial charge is 0.497 e. The van der Waals surface area contributed by atoms with E-state index in [-0.39, 0.29) is 17.6 Å². The highest BCUT2D eigenvalue weighted by Gasteiger charge is 2.29. The van der Waals surface area contributed by atoms with Crippen molar-refractivity contribution < 1.29 is 14.3 Å². The summed E-state index contributed by atoms with van der Waals surface area (Å²) in [5.74, 6) is 1.81. The van der Waals surface area contributed by atoms with Crippen molar-refractivity contribution in [2.24, 2.45) is 17.6 Å². The smallest absolute Gasteiger partial charge is 0.239 e. The van der Waals surface area contributed by atoms with E-state index in [0.29, 0.717) is 18.3 Å². The number of piperidine rings is 1. The van der Waals surface area contributed by atoms with E-state index < -0.39 is 6.04 Å². The summed E-state index contributed by atoms with van der Waals surface area (Å²) in [4.78, 5) is 26.9. The van der Waals surface area contributed by atoms with E-state index in [0.717, 1.165) is 48.0 Å². The highest BCUT2D eigenvalue weighted by molar-refractivity contribution is 5.89. The van der Waals surface area contributed by atoms with Crippen LogP contribution in [0.25, 0.3) is 10.8 Å². The van der Waals surface area contributed by atoms with Crippen molar-refractivity contribution in [3.63, 3.8) is 0 Å². The Labute approximate surface area is 179 Å². The molecule has 30 heavy (non-hydrogen) atoms. The zero-order chi connectivity index (χ0) is 21.8. The van der Waals surface area contributed by atoms with Crippen LogP contribution < -0.4 is 10.5 Å². The quantitative estimate of drug-likeness (QED) is 0.745. The van der Waals surface area contributed by atoms with Gasteiger partial charge in [0, 0.05) is 25.4 Å². The molecular formula is C25H34N2O3. The number of amides is 1. The summed E-state index contributed by atoms with van der Waals surface area (Å²) in [5, 5.41) is 2.23. The molecule has 1 amide bonds. The van der Waals surface area contributed by atoms with Crippen molar-refractivity contribution in [2.45, 2.75) is 52.0 Å². The molecule has 0 radical (unpaired) electrons. The van der Waals surface area contributed by atoms with E-state index >= 15 is 0 Å². The average molecular weight is 411 g/mol. The molecule has 3 atom stereocenters. The van der Waals surface area contributed by atoms with Gasteiger partial charge in [-0.1, -0.05) is 38.1 Å². The normalized spacial score (nSPS) is 18.1. The minimum Gasteiger partial charge on any atom is -0.497 e. The molecule has 0 aliphatic carbocycles. The summed E-state index contributed by atoms with van der Waals surface area (Å²) in [6, 6.07) is 11.8. The lowest BCUT2D eigenvalue weighted by atomic mass is 9.80. The van der Waals surface area contributed by atoms with Gasteiger partial charge in [-0.2, -0.15) is 0 Å². The molecule has 1 aliphatic heterocycles. The number of carbonyl (C=O) groups excluding carboxylic acids is 2. The van der Waals surface area contributed by atoms with Crippen LogP contribution in [0.5, 0.6) is 5.75 Å². The first kappa shape index (κ1) is 22.3. The van der Waals surface area contributed by atoms with Crippen LogP contribution in [0.1, 0.15) is 51.5 Å².